The molecule has 5 aromatic rings. The zero-order chi connectivity index (χ0) is 25.1. The highest BCUT2D eigenvalue weighted by Crippen LogP contribution is 2.40. The highest BCUT2D eigenvalue weighted by molar-refractivity contribution is 6.42. The van der Waals surface area contributed by atoms with Crippen LogP contribution in [0.15, 0.2) is 85.1 Å². The Morgan fingerprint density at radius 3 is 2.33 bits per heavy atom. The first-order valence-corrected chi connectivity index (χ1v) is 12.0. The van der Waals surface area contributed by atoms with E-state index in [0.717, 1.165) is 27.6 Å². The zero-order valence-electron chi connectivity index (χ0n) is 19.4. The summed E-state index contributed by atoms with van der Waals surface area (Å²) in [5.74, 6) is 0.687. The van der Waals surface area contributed by atoms with Gasteiger partial charge in [-0.2, -0.15) is 0 Å². The van der Waals surface area contributed by atoms with Crippen LogP contribution in [-0.4, -0.2) is 29.0 Å². The number of aliphatic hydroxyl groups is 1. The second-order valence-corrected chi connectivity index (χ2v) is 8.84. The Kier molecular flexibility index (Phi) is 7.16. The number of methoxy groups -OCH3 is 1. The van der Waals surface area contributed by atoms with Gasteiger partial charge in [-0.1, -0.05) is 59.6 Å². The number of fused-ring (bicyclic) bond motifs is 1. The molecule has 0 saturated carbocycles. The van der Waals surface area contributed by atoms with Crippen LogP contribution in [0.25, 0.3) is 44.4 Å². The number of hydrogen-bond donors (Lipinski definition) is 1. The Balaban J connectivity index is 1.61. The second-order valence-electron chi connectivity index (χ2n) is 8.11. The van der Waals surface area contributed by atoms with Gasteiger partial charge in [0.05, 0.1) is 22.8 Å². The Bertz CT molecular complexity index is 1520. The van der Waals surface area contributed by atoms with Crippen LogP contribution in [0, 0.1) is 0 Å². The molecule has 0 bridgehead atoms. The number of aliphatic hydroxyl groups excluding tert-OH is 1. The first-order valence-electron chi connectivity index (χ1n) is 11.3. The van der Waals surface area contributed by atoms with E-state index in [1.54, 1.807) is 13.3 Å². The molecule has 0 aliphatic rings. The summed E-state index contributed by atoms with van der Waals surface area (Å²) >= 11 is 13.4. The maximum atomic E-state index is 10.4. The lowest BCUT2D eigenvalue weighted by atomic mass is 9.95. The van der Waals surface area contributed by atoms with Crippen LogP contribution in [0.2, 0.25) is 10.2 Å². The van der Waals surface area contributed by atoms with Crippen molar-refractivity contribution in [2.75, 3.05) is 13.9 Å². The smallest absolute Gasteiger partial charge is 0.188 e. The summed E-state index contributed by atoms with van der Waals surface area (Å²) in [6.07, 6.45) is 1.74. The minimum absolute atomic E-state index is 0.172. The van der Waals surface area contributed by atoms with Gasteiger partial charge in [-0.25, -0.2) is 4.98 Å². The van der Waals surface area contributed by atoms with E-state index in [1.807, 2.05) is 78.9 Å². The largest absolute Gasteiger partial charge is 0.468 e. The minimum atomic E-state index is -0.180. The average molecular weight is 517 g/mol. The number of pyridine rings is 2. The topological polar surface area (TPSA) is 64.5 Å². The third kappa shape index (κ3) is 4.66. The van der Waals surface area contributed by atoms with E-state index in [0.29, 0.717) is 38.3 Å². The van der Waals surface area contributed by atoms with Gasteiger partial charge in [-0.3, -0.25) is 4.98 Å². The molecule has 180 valence electrons. The van der Waals surface area contributed by atoms with Gasteiger partial charge in [0.1, 0.15) is 10.9 Å². The van der Waals surface area contributed by atoms with E-state index in [2.05, 4.69) is 9.97 Å². The maximum Gasteiger partial charge on any atom is 0.188 e. The summed E-state index contributed by atoms with van der Waals surface area (Å²) in [5.41, 5.74) is 6.30. The molecule has 2 heterocycles. The molecule has 0 amide bonds. The molecule has 0 aliphatic heterocycles. The number of aromatic nitrogens is 2. The second kappa shape index (κ2) is 10.6. The number of hydrogen-bond acceptors (Lipinski definition) is 5. The molecule has 0 fully saturated rings. The summed E-state index contributed by atoms with van der Waals surface area (Å²) in [7, 11) is 1.57. The van der Waals surface area contributed by atoms with Gasteiger partial charge in [0.2, 0.25) is 0 Å². The fraction of sp³-hybridized carbons (Fsp3) is 0.103. The molecule has 3 aromatic carbocycles. The SMILES string of the molecule is COCOc1ccc(-c2nccc(-c3ccc4nc(Cl)c(-c5ccccc5)c(Cl)c4c3)c2CO)cc1. The minimum Gasteiger partial charge on any atom is -0.468 e. The molecule has 36 heavy (non-hydrogen) atoms. The average Bonchev–Trinajstić information content (AvgIpc) is 2.92. The molecule has 0 spiro atoms. The first-order chi connectivity index (χ1) is 17.6. The number of ether oxygens (including phenoxy) is 2. The summed E-state index contributed by atoms with van der Waals surface area (Å²) in [4.78, 5) is 9.14. The fourth-order valence-corrected chi connectivity index (χ4v) is 4.92. The quantitative estimate of drug-likeness (QED) is 0.180. The number of benzene rings is 3. The third-order valence-electron chi connectivity index (χ3n) is 5.94. The standard InChI is InChI=1S/C29H22Cl2N2O3/c1-35-17-36-21-10-7-19(8-11-21)28-24(16-34)22(13-14-32-28)20-9-12-25-23(15-20)27(30)26(29(31)33-25)18-5-3-2-4-6-18/h2-15,34H,16-17H2,1H3. The Hall–Kier alpha value is -3.48. The summed E-state index contributed by atoms with van der Waals surface area (Å²) < 4.78 is 10.4. The molecular weight excluding hydrogens is 495 g/mol. The van der Waals surface area contributed by atoms with E-state index < -0.39 is 0 Å². The number of halogens is 2. The summed E-state index contributed by atoms with van der Waals surface area (Å²) in [6.45, 7) is -0.00805. The van der Waals surface area contributed by atoms with Gasteiger partial charge in [0.25, 0.3) is 0 Å². The van der Waals surface area contributed by atoms with Gasteiger partial charge in [-0.05, 0) is 59.2 Å². The molecule has 0 aliphatic carbocycles. The van der Waals surface area contributed by atoms with Crippen LogP contribution in [0.1, 0.15) is 5.56 Å². The summed E-state index contributed by atoms with van der Waals surface area (Å²) in [5, 5.41) is 12.0. The van der Waals surface area contributed by atoms with Gasteiger partial charge in [-0.15, -0.1) is 0 Å². The van der Waals surface area contributed by atoms with Crippen molar-refractivity contribution < 1.29 is 14.6 Å². The van der Waals surface area contributed by atoms with Crippen LogP contribution in [0.3, 0.4) is 0 Å². The molecule has 2 aromatic heterocycles. The molecule has 5 nitrogen and oxygen atoms in total. The number of nitrogens with zero attached hydrogens (tertiary/aromatic N) is 2. The predicted octanol–water partition coefficient (Wildman–Crippen LogP) is 7.41. The van der Waals surface area contributed by atoms with Crippen molar-refractivity contribution in [1.82, 2.24) is 9.97 Å². The van der Waals surface area contributed by atoms with E-state index >= 15 is 0 Å². The van der Waals surface area contributed by atoms with Crippen molar-refractivity contribution in [1.29, 1.82) is 0 Å². The molecule has 0 atom stereocenters. The van der Waals surface area contributed by atoms with Gasteiger partial charge in [0.15, 0.2) is 6.79 Å². The Labute approximate surface area is 218 Å². The van der Waals surface area contributed by atoms with Crippen LogP contribution in [0.5, 0.6) is 5.75 Å². The van der Waals surface area contributed by atoms with Crippen LogP contribution in [-0.2, 0) is 11.3 Å². The molecule has 0 radical (unpaired) electrons. The van der Waals surface area contributed by atoms with E-state index in [1.165, 1.54) is 0 Å². The van der Waals surface area contributed by atoms with E-state index in [-0.39, 0.29) is 13.4 Å². The Morgan fingerprint density at radius 1 is 0.861 bits per heavy atom. The zero-order valence-corrected chi connectivity index (χ0v) is 20.9. The van der Waals surface area contributed by atoms with Gasteiger partial charge < -0.3 is 14.6 Å². The van der Waals surface area contributed by atoms with E-state index in [9.17, 15) is 5.11 Å². The van der Waals surface area contributed by atoms with Gasteiger partial charge >= 0.3 is 0 Å². The molecule has 7 heteroatoms. The van der Waals surface area contributed by atoms with Gasteiger partial charge in [0, 0.05) is 35.4 Å². The third-order valence-corrected chi connectivity index (χ3v) is 6.60. The van der Waals surface area contributed by atoms with Crippen LogP contribution >= 0.6 is 23.2 Å². The van der Waals surface area contributed by atoms with Crippen molar-refractivity contribution in [2.45, 2.75) is 6.61 Å². The highest BCUT2D eigenvalue weighted by atomic mass is 35.5. The Morgan fingerprint density at radius 2 is 1.61 bits per heavy atom. The van der Waals surface area contributed by atoms with Crippen molar-refractivity contribution in [3.05, 3.63) is 101 Å². The number of rotatable bonds is 7. The van der Waals surface area contributed by atoms with E-state index in [4.69, 9.17) is 32.7 Å². The fourth-order valence-electron chi connectivity index (χ4n) is 4.22. The lowest BCUT2D eigenvalue weighted by Gasteiger charge is -2.15. The van der Waals surface area contributed by atoms with Crippen molar-refractivity contribution in [3.63, 3.8) is 0 Å². The normalized spacial score (nSPS) is 11.1. The van der Waals surface area contributed by atoms with Crippen molar-refractivity contribution in [2.24, 2.45) is 0 Å². The molecular formula is C29H22Cl2N2O3. The maximum absolute atomic E-state index is 10.4. The lowest BCUT2D eigenvalue weighted by molar-refractivity contribution is 0.0511. The highest BCUT2D eigenvalue weighted by Gasteiger charge is 2.17. The molecule has 5 rings (SSSR count). The first kappa shape index (κ1) is 24.2. The lowest BCUT2D eigenvalue weighted by Crippen LogP contribution is -1.99. The molecule has 0 unspecified atom stereocenters. The van der Waals surface area contributed by atoms with Crippen molar-refractivity contribution in [3.8, 4) is 39.3 Å². The summed E-state index contributed by atoms with van der Waals surface area (Å²) in [6, 6.07) is 24.9. The van der Waals surface area contributed by atoms with Crippen molar-refractivity contribution >= 4 is 34.1 Å². The predicted molar refractivity (Wildman–Crippen MR) is 144 cm³/mol. The molecule has 0 saturated heterocycles. The van der Waals surface area contributed by atoms with Crippen LogP contribution in [0.4, 0.5) is 0 Å². The van der Waals surface area contributed by atoms with Crippen LogP contribution < -0.4 is 4.74 Å². The monoisotopic (exact) mass is 516 g/mol. The molecule has 1 N–H and O–H groups in total.